The zero-order valence-electron chi connectivity index (χ0n) is 9.03. The number of nitrogens with one attached hydrogen (secondary N) is 1. The topological polar surface area (TPSA) is 32.3 Å². The van der Waals surface area contributed by atoms with Crippen LogP contribution in [0.5, 0.6) is 0 Å². The largest absolute Gasteiger partial charge is 0.344 e. The van der Waals surface area contributed by atoms with Gasteiger partial charge in [-0.2, -0.15) is 0 Å². The summed E-state index contributed by atoms with van der Waals surface area (Å²) in [4.78, 5) is 15.1. The van der Waals surface area contributed by atoms with Gasteiger partial charge in [-0.25, -0.2) is 0 Å². The summed E-state index contributed by atoms with van der Waals surface area (Å²) in [6, 6.07) is 2.14. The first-order valence-electron chi connectivity index (χ1n) is 5.27. The van der Waals surface area contributed by atoms with Crippen molar-refractivity contribution < 1.29 is 4.79 Å². The minimum atomic E-state index is 0.0108. The Labute approximate surface area is 99.5 Å². The van der Waals surface area contributed by atoms with Gasteiger partial charge in [0.15, 0.2) is 0 Å². The van der Waals surface area contributed by atoms with Crippen LogP contribution in [0.15, 0.2) is 11.4 Å². The van der Waals surface area contributed by atoms with E-state index in [2.05, 4.69) is 27.6 Å². The standard InChI is InChI=1S/C12H14N2OS/c1-2-5-13-12(15)9-14-6-3-11-10(8-14)4-7-16-11/h1,4,7H,3,5-6,8-9H2,(H,13,15). The third kappa shape index (κ3) is 2.63. The Bertz CT molecular complexity index is 419. The van der Waals surface area contributed by atoms with Crippen LogP contribution < -0.4 is 5.32 Å². The maximum absolute atomic E-state index is 11.5. The van der Waals surface area contributed by atoms with E-state index in [1.54, 1.807) is 11.3 Å². The SMILES string of the molecule is C#CCNC(=O)CN1CCc2sccc2C1. The normalized spacial score (nSPS) is 15.2. The third-order valence-corrected chi connectivity index (χ3v) is 3.66. The highest BCUT2D eigenvalue weighted by atomic mass is 32.1. The summed E-state index contributed by atoms with van der Waals surface area (Å²) < 4.78 is 0. The molecule has 0 radical (unpaired) electrons. The molecular formula is C12H14N2OS. The summed E-state index contributed by atoms with van der Waals surface area (Å²) >= 11 is 1.81. The minimum Gasteiger partial charge on any atom is -0.344 e. The van der Waals surface area contributed by atoms with E-state index < -0.39 is 0 Å². The molecule has 2 heterocycles. The summed E-state index contributed by atoms with van der Waals surface area (Å²) in [5.74, 6) is 2.41. The molecule has 3 nitrogen and oxygen atoms in total. The Morgan fingerprint density at radius 3 is 3.38 bits per heavy atom. The molecule has 0 fully saturated rings. The molecule has 0 saturated carbocycles. The van der Waals surface area contributed by atoms with Crippen LogP contribution in [0, 0.1) is 12.3 Å². The quantitative estimate of drug-likeness (QED) is 0.787. The number of hydrogen-bond acceptors (Lipinski definition) is 3. The number of carbonyl (C=O) groups is 1. The van der Waals surface area contributed by atoms with Crippen molar-refractivity contribution in [3.8, 4) is 12.3 Å². The van der Waals surface area contributed by atoms with Crippen LogP contribution in [0.25, 0.3) is 0 Å². The van der Waals surface area contributed by atoms with Crippen LogP contribution in [0.2, 0.25) is 0 Å². The number of nitrogens with zero attached hydrogens (tertiary/aromatic N) is 1. The second-order valence-corrected chi connectivity index (χ2v) is 4.81. The number of fused-ring (bicyclic) bond motifs is 1. The van der Waals surface area contributed by atoms with Crippen molar-refractivity contribution in [1.82, 2.24) is 10.2 Å². The summed E-state index contributed by atoms with van der Waals surface area (Å²) in [6.45, 7) is 2.59. The predicted octanol–water partition coefficient (Wildman–Crippen LogP) is 0.856. The molecule has 1 amide bonds. The first-order valence-corrected chi connectivity index (χ1v) is 6.15. The van der Waals surface area contributed by atoms with Gasteiger partial charge in [-0.15, -0.1) is 17.8 Å². The zero-order valence-corrected chi connectivity index (χ0v) is 9.85. The summed E-state index contributed by atoms with van der Waals surface area (Å²) in [5.41, 5.74) is 1.36. The highest BCUT2D eigenvalue weighted by molar-refractivity contribution is 7.10. The van der Waals surface area contributed by atoms with E-state index in [4.69, 9.17) is 6.42 Å². The van der Waals surface area contributed by atoms with Crippen molar-refractivity contribution >= 4 is 17.2 Å². The molecule has 1 N–H and O–H groups in total. The Kier molecular flexibility index (Phi) is 3.60. The van der Waals surface area contributed by atoms with E-state index in [9.17, 15) is 4.79 Å². The van der Waals surface area contributed by atoms with Crippen molar-refractivity contribution in [2.24, 2.45) is 0 Å². The summed E-state index contributed by atoms with van der Waals surface area (Å²) in [6.07, 6.45) is 6.13. The summed E-state index contributed by atoms with van der Waals surface area (Å²) in [5, 5.41) is 4.80. The fourth-order valence-corrected chi connectivity index (χ4v) is 2.74. The van der Waals surface area contributed by atoms with Gasteiger partial charge in [-0.05, 0) is 23.4 Å². The molecule has 0 aromatic carbocycles. The lowest BCUT2D eigenvalue weighted by Gasteiger charge is -2.25. The molecule has 84 valence electrons. The third-order valence-electron chi connectivity index (χ3n) is 2.64. The molecule has 2 rings (SSSR count). The Hall–Kier alpha value is -1.31. The van der Waals surface area contributed by atoms with Gasteiger partial charge in [0.05, 0.1) is 13.1 Å². The average Bonchev–Trinajstić information content (AvgIpc) is 2.73. The van der Waals surface area contributed by atoms with Gasteiger partial charge in [-0.3, -0.25) is 9.69 Å². The molecule has 4 heteroatoms. The van der Waals surface area contributed by atoms with Crippen LogP contribution in [0.3, 0.4) is 0 Å². The van der Waals surface area contributed by atoms with Gasteiger partial charge >= 0.3 is 0 Å². The lowest BCUT2D eigenvalue weighted by molar-refractivity contribution is -0.122. The fourth-order valence-electron chi connectivity index (χ4n) is 1.85. The molecule has 0 atom stereocenters. The number of thiophene rings is 1. The zero-order chi connectivity index (χ0) is 11.4. The van der Waals surface area contributed by atoms with Crippen LogP contribution in [-0.4, -0.2) is 30.4 Å². The lowest BCUT2D eigenvalue weighted by atomic mass is 10.1. The molecule has 1 aliphatic rings. The van der Waals surface area contributed by atoms with Crippen molar-refractivity contribution in [3.63, 3.8) is 0 Å². The van der Waals surface area contributed by atoms with E-state index in [0.717, 1.165) is 19.5 Å². The molecular weight excluding hydrogens is 220 g/mol. The molecule has 0 spiro atoms. The van der Waals surface area contributed by atoms with Crippen molar-refractivity contribution in [1.29, 1.82) is 0 Å². The molecule has 1 aromatic heterocycles. The lowest BCUT2D eigenvalue weighted by Crippen LogP contribution is -2.39. The molecule has 0 unspecified atom stereocenters. The van der Waals surface area contributed by atoms with Crippen molar-refractivity contribution in [3.05, 3.63) is 21.9 Å². The van der Waals surface area contributed by atoms with E-state index >= 15 is 0 Å². The van der Waals surface area contributed by atoms with E-state index in [1.807, 2.05) is 0 Å². The van der Waals surface area contributed by atoms with E-state index in [-0.39, 0.29) is 5.91 Å². The van der Waals surface area contributed by atoms with Gasteiger partial charge < -0.3 is 5.32 Å². The molecule has 16 heavy (non-hydrogen) atoms. The molecule has 0 bridgehead atoms. The second kappa shape index (κ2) is 5.15. The van der Waals surface area contributed by atoms with Crippen LogP contribution in [-0.2, 0) is 17.8 Å². The number of rotatable bonds is 3. The van der Waals surface area contributed by atoms with Crippen LogP contribution in [0.4, 0.5) is 0 Å². The number of hydrogen-bond donors (Lipinski definition) is 1. The van der Waals surface area contributed by atoms with Gasteiger partial charge in [0.25, 0.3) is 0 Å². The van der Waals surface area contributed by atoms with Gasteiger partial charge in [-0.1, -0.05) is 5.92 Å². The minimum absolute atomic E-state index is 0.0108. The van der Waals surface area contributed by atoms with E-state index in [0.29, 0.717) is 13.1 Å². The number of terminal acetylenes is 1. The van der Waals surface area contributed by atoms with Crippen molar-refractivity contribution in [2.45, 2.75) is 13.0 Å². The Balaban J connectivity index is 1.85. The van der Waals surface area contributed by atoms with Crippen molar-refractivity contribution in [2.75, 3.05) is 19.6 Å². The second-order valence-electron chi connectivity index (χ2n) is 3.81. The molecule has 1 aliphatic heterocycles. The number of amides is 1. The first-order chi connectivity index (χ1) is 7.79. The molecule has 0 saturated heterocycles. The maximum Gasteiger partial charge on any atom is 0.234 e. The number of carbonyl (C=O) groups excluding carboxylic acids is 1. The maximum atomic E-state index is 11.5. The Morgan fingerprint density at radius 2 is 2.56 bits per heavy atom. The van der Waals surface area contributed by atoms with Crippen LogP contribution in [0.1, 0.15) is 10.4 Å². The predicted molar refractivity (Wildman–Crippen MR) is 65.1 cm³/mol. The van der Waals surface area contributed by atoms with Gasteiger partial charge in [0.2, 0.25) is 5.91 Å². The summed E-state index contributed by atoms with van der Waals surface area (Å²) in [7, 11) is 0. The fraction of sp³-hybridized carbons (Fsp3) is 0.417. The smallest absolute Gasteiger partial charge is 0.234 e. The molecule has 1 aromatic rings. The molecule has 0 aliphatic carbocycles. The van der Waals surface area contributed by atoms with E-state index in [1.165, 1.54) is 10.4 Å². The highest BCUT2D eigenvalue weighted by Gasteiger charge is 2.18. The highest BCUT2D eigenvalue weighted by Crippen LogP contribution is 2.23. The Morgan fingerprint density at radius 1 is 1.69 bits per heavy atom. The first kappa shape index (κ1) is 11.2. The van der Waals surface area contributed by atoms with Gasteiger partial charge in [0.1, 0.15) is 0 Å². The monoisotopic (exact) mass is 234 g/mol. The van der Waals surface area contributed by atoms with Gasteiger partial charge in [0, 0.05) is 18.0 Å². The average molecular weight is 234 g/mol. The van der Waals surface area contributed by atoms with Crippen LogP contribution >= 0.6 is 11.3 Å².